The molecule has 30 heavy (non-hydrogen) atoms. The van der Waals surface area contributed by atoms with Gasteiger partial charge in [0.05, 0.1) is 17.8 Å². The predicted molar refractivity (Wildman–Crippen MR) is 108 cm³/mol. The van der Waals surface area contributed by atoms with Crippen LogP contribution in [0.4, 0.5) is 17.6 Å². The van der Waals surface area contributed by atoms with Gasteiger partial charge in [0.1, 0.15) is 10.8 Å². The lowest BCUT2D eigenvalue weighted by atomic mass is 10.1. The number of alkyl halides is 3. The van der Waals surface area contributed by atoms with Gasteiger partial charge in [0.15, 0.2) is 0 Å². The Morgan fingerprint density at radius 2 is 1.93 bits per heavy atom. The fourth-order valence-corrected chi connectivity index (χ4v) is 3.15. The number of hydrogen-bond acceptors (Lipinski definition) is 3. The van der Waals surface area contributed by atoms with Crippen LogP contribution in [0, 0.1) is 17.7 Å². The van der Waals surface area contributed by atoms with Gasteiger partial charge in [-0.2, -0.15) is 13.2 Å². The van der Waals surface area contributed by atoms with Crippen molar-refractivity contribution in [1.82, 2.24) is 10.3 Å². The Kier molecular flexibility index (Phi) is 6.65. The van der Waals surface area contributed by atoms with E-state index in [4.69, 9.17) is 0 Å². The second kappa shape index (κ2) is 9.37. The van der Waals surface area contributed by atoms with E-state index in [0.717, 1.165) is 17.7 Å². The normalized spacial score (nSPS) is 11.2. The lowest BCUT2D eigenvalue weighted by Crippen LogP contribution is -2.20. The van der Waals surface area contributed by atoms with Gasteiger partial charge in [0.25, 0.3) is 0 Å². The molecule has 0 aliphatic rings. The largest absolute Gasteiger partial charge is 0.416 e. The molecule has 2 aromatic carbocycles. The van der Waals surface area contributed by atoms with Crippen molar-refractivity contribution >= 4 is 23.3 Å². The number of hydrogen-bond donors (Lipinski definition) is 1. The van der Waals surface area contributed by atoms with E-state index >= 15 is 0 Å². The SMILES string of the molecule is O=C(/C=C/c1csc(-c2ccc(F)cc2)n1)NCC#Cc1cccc(C(F)(F)F)c1. The van der Waals surface area contributed by atoms with Crippen LogP contribution in [0.2, 0.25) is 0 Å². The molecule has 8 heteroatoms. The van der Waals surface area contributed by atoms with Gasteiger partial charge in [-0.25, -0.2) is 9.37 Å². The van der Waals surface area contributed by atoms with Gasteiger partial charge < -0.3 is 5.32 Å². The van der Waals surface area contributed by atoms with Crippen LogP contribution in [-0.4, -0.2) is 17.4 Å². The third kappa shape index (κ3) is 6.03. The van der Waals surface area contributed by atoms with E-state index in [1.807, 2.05) is 0 Å². The lowest BCUT2D eigenvalue weighted by molar-refractivity contribution is -0.137. The summed E-state index contributed by atoms with van der Waals surface area (Å²) < 4.78 is 51.0. The summed E-state index contributed by atoms with van der Waals surface area (Å²) in [6.45, 7) is -0.0166. The molecule has 0 unspecified atom stereocenters. The number of benzene rings is 2. The standard InChI is InChI=1S/C22H14F4N2OS/c23-18-8-6-16(7-9-18)21-28-19(14-30-21)10-11-20(29)27-12-2-4-15-3-1-5-17(13-15)22(24,25)26/h1,3,5-11,13-14H,12H2,(H,27,29)/b11-10+. The third-order valence-electron chi connectivity index (χ3n) is 3.79. The summed E-state index contributed by atoms with van der Waals surface area (Å²) in [5.74, 6) is 4.46. The zero-order chi connectivity index (χ0) is 21.6. The highest BCUT2D eigenvalue weighted by atomic mass is 32.1. The molecule has 0 saturated carbocycles. The summed E-state index contributed by atoms with van der Waals surface area (Å²) in [5, 5.41) is 4.98. The van der Waals surface area contributed by atoms with Gasteiger partial charge in [0.2, 0.25) is 5.91 Å². The maximum Gasteiger partial charge on any atom is 0.416 e. The molecule has 0 aliphatic carbocycles. The van der Waals surface area contributed by atoms with Crippen molar-refractivity contribution in [2.75, 3.05) is 6.54 Å². The lowest BCUT2D eigenvalue weighted by Gasteiger charge is -2.05. The van der Waals surface area contributed by atoms with Crippen molar-refractivity contribution in [2.24, 2.45) is 0 Å². The Morgan fingerprint density at radius 3 is 2.67 bits per heavy atom. The first-order valence-electron chi connectivity index (χ1n) is 8.65. The highest BCUT2D eigenvalue weighted by molar-refractivity contribution is 7.13. The van der Waals surface area contributed by atoms with Crippen LogP contribution in [0.15, 0.2) is 60.0 Å². The van der Waals surface area contributed by atoms with Gasteiger partial charge in [-0.05, 0) is 48.5 Å². The molecule has 1 aromatic heterocycles. The first kappa shape index (κ1) is 21.3. The zero-order valence-electron chi connectivity index (χ0n) is 15.3. The molecular formula is C22H14F4N2OS. The highest BCUT2D eigenvalue weighted by Gasteiger charge is 2.30. The predicted octanol–water partition coefficient (Wildman–Crippen LogP) is 5.15. The molecule has 0 aliphatic heterocycles. The van der Waals surface area contributed by atoms with Crippen LogP contribution in [0.5, 0.6) is 0 Å². The quantitative estimate of drug-likeness (QED) is 0.353. The van der Waals surface area contributed by atoms with Crippen molar-refractivity contribution in [2.45, 2.75) is 6.18 Å². The molecule has 152 valence electrons. The van der Waals surface area contributed by atoms with Crippen LogP contribution in [0.25, 0.3) is 16.6 Å². The second-order valence-corrected chi connectivity index (χ2v) is 6.87. The van der Waals surface area contributed by atoms with Gasteiger partial charge >= 0.3 is 6.18 Å². The van der Waals surface area contributed by atoms with E-state index in [-0.39, 0.29) is 17.9 Å². The monoisotopic (exact) mass is 430 g/mol. The van der Waals surface area contributed by atoms with Gasteiger partial charge in [-0.1, -0.05) is 17.9 Å². The first-order valence-corrected chi connectivity index (χ1v) is 9.53. The molecule has 0 bridgehead atoms. The minimum atomic E-state index is -4.43. The summed E-state index contributed by atoms with van der Waals surface area (Å²) in [5.41, 5.74) is 0.787. The van der Waals surface area contributed by atoms with Crippen molar-refractivity contribution < 1.29 is 22.4 Å². The van der Waals surface area contributed by atoms with Crippen LogP contribution < -0.4 is 5.32 Å². The Labute approximate surface area is 174 Å². The number of thiazole rings is 1. The number of aromatic nitrogens is 1. The fraction of sp³-hybridized carbons (Fsp3) is 0.0909. The molecule has 1 N–H and O–H groups in total. The average Bonchev–Trinajstić information content (AvgIpc) is 3.19. The Hall–Kier alpha value is -3.44. The minimum Gasteiger partial charge on any atom is -0.342 e. The number of halogens is 4. The smallest absolute Gasteiger partial charge is 0.342 e. The van der Waals surface area contributed by atoms with Crippen molar-refractivity contribution in [3.8, 4) is 22.4 Å². The van der Waals surface area contributed by atoms with E-state index in [1.54, 1.807) is 17.5 Å². The van der Waals surface area contributed by atoms with E-state index in [0.29, 0.717) is 10.7 Å². The molecular weight excluding hydrogens is 416 g/mol. The summed E-state index contributed by atoms with van der Waals surface area (Å²) >= 11 is 1.36. The summed E-state index contributed by atoms with van der Waals surface area (Å²) in [6.07, 6.45) is -1.61. The van der Waals surface area contributed by atoms with Gasteiger partial charge in [-0.3, -0.25) is 4.79 Å². The number of nitrogens with one attached hydrogen (secondary N) is 1. The molecule has 3 rings (SSSR count). The summed E-state index contributed by atoms with van der Waals surface area (Å²) in [4.78, 5) is 16.2. The molecule has 0 atom stereocenters. The molecule has 0 fully saturated rings. The Bertz CT molecular complexity index is 1120. The number of nitrogens with zero attached hydrogens (tertiary/aromatic N) is 1. The zero-order valence-corrected chi connectivity index (χ0v) is 16.2. The Balaban J connectivity index is 1.53. The average molecular weight is 430 g/mol. The fourth-order valence-electron chi connectivity index (χ4n) is 2.36. The molecule has 0 spiro atoms. The van der Waals surface area contributed by atoms with Crippen LogP contribution in [-0.2, 0) is 11.0 Å². The van der Waals surface area contributed by atoms with Crippen LogP contribution in [0.3, 0.4) is 0 Å². The maximum absolute atomic E-state index is 13.0. The second-order valence-electron chi connectivity index (χ2n) is 6.02. The molecule has 3 nitrogen and oxygen atoms in total. The Morgan fingerprint density at radius 1 is 1.17 bits per heavy atom. The summed E-state index contributed by atoms with van der Waals surface area (Å²) in [7, 11) is 0. The first-order chi connectivity index (χ1) is 14.3. The van der Waals surface area contributed by atoms with Crippen molar-refractivity contribution in [1.29, 1.82) is 0 Å². The van der Waals surface area contributed by atoms with Crippen LogP contribution >= 0.6 is 11.3 Å². The number of carbonyl (C=O) groups excluding carboxylic acids is 1. The van der Waals surface area contributed by atoms with Gasteiger partial charge in [-0.15, -0.1) is 11.3 Å². The van der Waals surface area contributed by atoms with E-state index < -0.39 is 17.6 Å². The van der Waals surface area contributed by atoms with Gasteiger partial charge in [0, 0.05) is 22.6 Å². The number of rotatable bonds is 4. The number of carbonyl (C=O) groups is 1. The molecule has 0 radical (unpaired) electrons. The summed E-state index contributed by atoms with van der Waals surface area (Å²) in [6, 6.07) is 10.6. The van der Waals surface area contributed by atoms with Crippen LogP contribution in [0.1, 0.15) is 16.8 Å². The molecule has 0 saturated heterocycles. The highest BCUT2D eigenvalue weighted by Crippen LogP contribution is 2.29. The molecule has 1 amide bonds. The van der Waals surface area contributed by atoms with Crippen molar-refractivity contribution in [3.63, 3.8) is 0 Å². The van der Waals surface area contributed by atoms with E-state index in [2.05, 4.69) is 22.1 Å². The van der Waals surface area contributed by atoms with Crippen molar-refractivity contribution in [3.05, 3.63) is 82.6 Å². The van der Waals surface area contributed by atoms with E-state index in [9.17, 15) is 22.4 Å². The maximum atomic E-state index is 13.0. The van der Waals surface area contributed by atoms with E-state index in [1.165, 1.54) is 47.8 Å². The topological polar surface area (TPSA) is 42.0 Å². The minimum absolute atomic E-state index is 0.0166. The molecule has 3 aromatic rings. The molecule has 1 heterocycles. The number of amides is 1. The third-order valence-corrected chi connectivity index (χ3v) is 4.70.